The van der Waals surface area contributed by atoms with Gasteiger partial charge >= 0.3 is 0 Å². The van der Waals surface area contributed by atoms with Crippen molar-refractivity contribution in [2.75, 3.05) is 18.0 Å². The number of benzene rings is 1. The highest BCUT2D eigenvalue weighted by Gasteiger charge is 2.24. The highest BCUT2D eigenvalue weighted by atomic mass is 16.3. The summed E-state index contributed by atoms with van der Waals surface area (Å²) in [5.74, 6) is -0.254. The fourth-order valence-electron chi connectivity index (χ4n) is 2.41. The first kappa shape index (κ1) is 12.9. The van der Waals surface area contributed by atoms with Gasteiger partial charge in [-0.2, -0.15) is 0 Å². The Morgan fingerprint density at radius 3 is 2.67 bits per heavy atom. The zero-order chi connectivity index (χ0) is 13.1. The Hall–Kier alpha value is -1.55. The van der Waals surface area contributed by atoms with Crippen molar-refractivity contribution in [2.45, 2.75) is 25.9 Å². The van der Waals surface area contributed by atoms with E-state index in [-0.39, 0.29) is 11.8 Å². The van der Waals surface area contributed by atoms with Crippen molar-refractivity contribution in [3.8, 4) is 0 Å². The second kappa shape index (κ2) is 5.40. The third-order valence-electron chi connectivity index (χ3n) is 3.56. The maximum atomic E-state index is 11.2. The minimum Gasteiger partial charge on any atom is -0.389 e. The first-order valence-electron chi connectivity index (χ1n) is 6.40. The molecule has 98 valence electrons. The Morgan fingerprint density at radius 2 is 2.11 bits per heavy atom. The predicted molar refractivity (Wildman–Crippen MR) is 71.2 cm³/mol. The van der Waals surface area contributed by atoms with Crippen LogP contribution in [0.4, 0.5) is 5.69 Å². The minimum atomic E-state index is -0.446. The normalized spacial score (nSPS) is 21.7. The number of anilines is 1. The zero-order valence-corrected chi connectivity index (χ0v) is 10.7. The monoisotopic (exact) mass is 248 g/mol. The van der Waals surface area contributed by atoms with Crippen LogP contribution in [0.3, 0.4) is 0 Å². The van der Waals surface area contributed by atoms with Gasteiger partial charge in [0.1, 0.15) is 0 Å². The van der Waals surface area contributed by atoms with Crippen LogP contribution in [0.2, 0.25) is 0 Å². The van der Waals surface area contributed by atoms with E-state index in [1.165, 1.54) is 0 Å². The smallest absolute Gasteiger partial charge is 0.222 e. The molecule has 2 rings (SSSR count). The molecule has 0 radical (unpaired) electrons. The maximum absolute atomic E-state index is 11.2. The van der Waals surface area contributed by atoms with Crippen LogP contribution in [0.5, 0.6) is 0 Å². The molecule has 0 bridgehead atoms. The number of hydrogen-bond acceptors (Lipinski definition) is 3. The summed E-state index contributed by atoms with van der Waals surface area (Å²) in [6.45, 7) is 3.40. The Kier molecular flexibility index (Phi) is 3.87. The van der Waals surface area contributed by atoms with Crippen molar-refractivity contribution >= 4 is 11.6 Å². The molecule has 1 aromatic carbocycles. The van der Waals surface area contributed by atoms with Gasteiger partial charge in [0.25, 0.3) is 0 Å². The van der Waals surface area contributed by atoms with Crippen molar-refractivity contribution in [3.05, 3.63) is 29.8 Å². The van der Waals surface area contributed by atoms with Crippen LogP contribution < -0.4 is 10.6 Å². The number of piperidine rings is 1. The van der Waals surface area contributed by atoms with Crippen LogP contribution in [0.1, 0.15) is 31.4 Å². The molecule has 4 heteroatoms. The zero-order valence-electron chi connectivity index (χ0n) is 10.7. The molecule has 1 aliphatic rings. The third-order valence-corrected chi connectivity index (χ3v) is 3.56. The molecular weight excluding hydrogens is 228 g/mol. The standard InChI is InChI=1S/C14H20N2O2/c1-10(17)11-4-6-13(7-5-11)16-8-2-3-12(9-16)14(15)18/h4-7,10,12,17H,2-3,8-9H2,1H3,(H2,15,18). The lowest BCUT2D eigenvalue weighted by atomic mass is 9.97. The van der Waals surface area contributed by atoms with E-state index in [4.69, 9.17) is 5.73 Å². The van der Waals surface area contributed by atoms with E-state index in [0.29, 0.717) is 6.54 Å². The Bertz CT molecular complexity index is 414. The van der Waals surface area contributed by atoms with E-state index in [1.807, 2.05) is 24.3 Å². The van der Waals surface area contributed by atoms with Gasteiger partial charge < -0.3 is 15.7 Å². The largest absolute Gasteiger partial charge is 0.389 e. The predicted octanol–water partition coefficient (Wildman–Crippen LogP) is 1.44. The first-order chi connectivity index (χ1) is 8.58. The molecule has 1 saturated heterocycles. The average Bonchev–Trinajstić information content (AvgIpc) is 2.39. The number of rotatable bonds is 3. The van der Waals surface area contributed by atoms with Gasteiger partial charge in [0.15, 0.2) is 0 Å². The summed E-state index contributed by atoms with van der Waals surface area (Å²) in [6, 6.07) is 7.83. The number of amides is 1. The van der Waals surface area contributed by atoms with Crippen LogP contribution in [0.25, 0.3) is 0 Å². The van der Waals surface area contributed by atoms with Crippen molar-refractivity contribution in [2.24, 2.45) is 11.7 Å². The molecule has 0 aromatic heterocycles. The average molecular weight is 248 g/mol. The van der Waals surface area contributed by atoms with Gasteiger partial charge in [-0.05, 0) is 37.5 Å². The molecule has 3 N–H and O–H groups in total. The molecule has 18 heavy (non-hydrogen) atoms. The fourth-order valence-corrected chi connectivity index (χ4v) is 2.41. The molecule has 2 atom stereocenters. The van der Waals surface area contributed by atoms with E-state index < -0.39 is 6.10 Å². The Balaban J connectivity index is 2.09. The summed E-state index contributed by atoms with van der Waals surface area (Å²) in [5, 5.41) is 9.46. The van der Waals surface area contributed by atoms with E-state index in [9.17, 15) is 9.90 Å². The van der Waals surface area contributed by atoms with Gasteiger partial charge in [-0.15, -0.1) is 0 Å². The van der Waals surface area contributed by atoms with Crippen LogP contribution in [-0.2, 0) is 4.79 Å². The summed E-state index contributed by atoms with van der Waals surface area (Å²) in [5.41, 5.74) is 7.37. The lowest BCUT2D eigenvalue weighted by molar-refractivity contribution is -0.122. The number of aliphatic hydroxyl groups is 1. The van der Waals surface area contributed by atoms with Gasteiger partial charge in [-0.25, -0.2) is 0 Å². The third kappa shape index (κ3) is 2.82. The van der Waals surface area contributed by atoms with E-state index >= 15 is 0 Å². The minimum absolute atomic E-state index is 0.0461. The van der Waals surface area contributed by atoms with Gasteiger partial charge in [0.05, 0.1) is 12.0 Å². The van der Waals surface area contributed by atoms with E-state index in [0.717, 1.165) is 30.6 Å². The molecule has 0 aliphatic carbocycles. The molecule has 1 heterocycles. The maximum Gasteiger partial charge on any atom is 0.222 e. The summed E-state index contributed by atoms with van der Waals surface area (Å²) in [7, 11) is 0. The lowest BCUT2D eigenvalue weighted by Gasteiger charge is -2.33. The quantitative estimate of drug-likeness (QED) is 0.850. The Morgan fingerprint density at radius 1 is 1.44 bits per heavy atom. The van der Waals surface area contributed by atoms with Gasteiger partial charge in [-0.1, -0.05) is 12.1 Å². The number of nitrogens with zero attached hydrogens (tertiary/aromatic N) is 1. The molecule has 1 aromatic rings. The second-order valence-corrected chi connectivity index (χ2v) is 4.96. The Labute approximate surface area is 107 Å². The number of aliphatic hydroxyl groups excluding tert-OH is 1. The summed E-state index contributed by atoms with van der Waals surface area (Å²) in [6.07, 6.45) is 1.43. The molecule has 1 aliphatic heterocycles. The van der Waals surface area contributed by atoms with E-state index in [2.05, 4.69) is 4.90 Å². The number of nitrogens with two attached hydrogens (primary N) is 1. The fraction of sp³-hybridized carbons (Fsp3) is 0.500. The molecule has 0 spiro atoms. The van der Waals surface area contributed by atoms with Crippen LogP contribution in [0.15, 0.2) is 24.3 Å². The topological polar surface area (TPSA) is 66.6 Å². The number of primary amides is 1. The summed E-state index contributed by atoms with van der Waals surface area (Å²) >= 11 is 0. The van der Waals surface area contributed by atoms with Gasteiger partial charge in [0.2, 0.25) is 5.91 Å². The highest BCUT2D eigenvalue weighted by molar-refractivity contribution is 5.77. The first-order valence-corrected chi connectivity index (χ1v) is 6.40. The molecule has 1 fully saturated rings. The molecular formula is C14H20N2O2. The van der Waals surface area contributed by atoms with Gasteiger partial charge in [0, 0.05) is 18.8 Å². The molecule has 2 unspecified atom stereocenters. The van der Waals surface area contributed by atoms with Crippen LogP contribution >= 0.6 is 0 Å². The molecule has 4 nitrogen and oxygen atoms in total. The van der Waals surface area contributed by atoms with Crippen LogP contribution in [0, 0.1) is 5.92 Å². The number of carbonyl (C=O) groups is 1. The van der Waals surface area contributed by atoms with Gasteiger partial charge in [-0.3, -0.25) is 4.79 Å². The van der Waals surface area contributed by atoms with Crippen molar-refractivity contribution in [1.82, 2.24) is 0 Å². The second-order valence-electron chi connectivity index (χ2n) is 4.96. The summed E-state index contributed by atoms with van der Waals surface area (Å²) in [4.78, 5) is 13.4. The lowest BCUT2D eigenvalue weighted by Crippen LogP contribution is -2.41. The van der Waals surface area contributed by atoms with Crippen molar-refractivity contribution in [1.29, 1.82) is 0 Å². The SMILES string of the molecule is CC(O)c1ccc(N2CCCC(C(N)=O)C2)cc1. The van der Waals surface area contributed by atoms with Crippen LogP contribution in [-0.4, -0.2) is 24.1 Å². The molecule has 0 saturated carbocycles. The number of carbonyl (C=O) groups excluding carboxylic acids is 1. The van der Waals surface area contributed by atoms with Crippen molar-refractivity contribution in [3.63, 3.8) is 0 Å². The summed E-state index contributed by atoms with van der Waals surface area (Å²) < 4.78 is 0. The van der Waals surface area contributed by atoms with E-state index in [1.54, 1.807) is 6.92 Å². The van der Waals surface area contributed by atoms with Crippen molar-refractivity contribution < 1.29 is 9.90 Å². The number of hydrogen-bond donors (Lipinski definition) is 2. The highest BCUT2D eigenvalue weighted by Crippen LogP contribution is 2.24. The molecule has 1 amide bonds.